The fourth-order valence-corrected chi connectivity index (χ4v) is 4.05. The van der Waals surface area contributed by atoms with Crippen LogP contribution in [0.4, 0.5) is 4.79 Å². The van der Waals surface area contributed by atoms with Gasteiger partial charge in [0, 0.05) is 19.6 Å². The van der Waals surface area contributed by atoms with Crippen LogP contribution < -0.4 is 21.3 Å². The van der Waals surface area contributed by atoms with Gasteiger partial charge in [0.15, 0.2) is 5.96 Å². The first-order valence-corrected chi connectivity index (χ1v) is 12.1. The van der Waals surface area contributed by atoms with Gasteiger partial charge in [0.2, 0.25) is 0 Å². The molecule has 0 spiro atoms. The number of urea groups is 1. The van der Waals surface area contributed by atoms with Crippen LogP contribution in [0.5, 0.6) is 0 Å². The molecule has 1 aromatic carbocycles. The molecule has 1 atom stereocenters. The summed E-state index contributed by atoms with van der Waals surface area (Å²) in [5, 5.41) is 20.0. The highest BCUT2D eigenvalue weighted by Crippen LogP contribution is 2.29. The van der Waals surface area contributed by atoms with Crippen molar-refractivity contribution >= 4 is 18.3 Å². The number of hydrogen-bond acceptors (Lipinski definition) is 3. The van der Waals surface area contributed by atoms with Gasteiger partial charge in [-0.25, -0.2) is 4.79 Å². The predicted octanol–water partition coefficient (Wildman–Crippen LogP) is 4.22. The smallest absolute Gasteiger partial charge is 0.315 e. The molecule has 0 heterocycles. The summed E-state index contributed by atoms with van der Waals surface area (Å²) in [4.78, 5) is 23.4. The lowest BCUT2D eigenvalue weighted by atomic mass is 9.83. The standard InChI is InChI=1S/C25H41N5O2/c1-3-4-16-27-24(32)29-18-22-12-10-21(11-13-22)17-28-23(26)30-25(2,19-31)15-14-20-8-6-5-7-9-20/h10-13,19-20H,3-9,14-18H2,1-2H3,(H3,26,28,30)(H2,27,29,32)/t25-/m1/s1. The van der Waals surface area contributed by atoms with Crippen LogP contribution in [0, 0.1) is 11.3 Å². The summed E-state index contributed by atoms with van der Waals surface area (Å²) in [7, 11) is 0. The highest BCUT2D eigenvalue weighted by molar-refractivity contribution is 5.81. The van der Waals surface area contributed by atoms with E-state index in [4.69, 9.17) is 5.41 Å². The SMILES string of the molecule is CCCCNC(=O)NCc1ccc(CNC(=N)N[C@@](C)(C=O)CCC2CCCCC2)cc1. The van der Waals surface area contributed by atoms with E-state index < -0.39 is 5.54 Å². The molecule has 0 bridgehead atoms. The van der Waals surface area contributed by atoms with Crippen molar-refractivity contribution in [2.45, 2.75) is 90.3 Å². The number of rotatable bonds is 12. The van der Waals surface area contributed by atoms with Gasteiger partial charge in [-0.1, -0.05) is 69.7 Å². The maximum Gasteiger partial charge on any atom is 0.315 e. The third-order valence-electron chi connectivity index (χ3n) is 6.23. The first kappa shape index (κ1) is 25.7. The van der Waals surface area contributed by atoms with Crippen LogP contribution in [-0.4, -0.2) is 30.4 Å². The van der Waals surface area contributed by atoms with E-state index in [1.807, 2.05) is 31.2 Å². The fourth-order valence-electron chi connectivity index (χ4n) is 4.05. The molecule has 1 aliphatic rings. The van der Waals surface area contributed by atoms with E-state index in [1.54, 1.807) is 0 Å². The van der Waals surface area contributed by atoms with Crippen LogP contribution in [-0.2, 0) is 17.9 Å². The number of nitrogens with one attached hydrogen (secondary N) is 5. The van der Waals surface area contributed by atoms with Gasteiger partial charge in [0.25, 0.3) is 0 Å². The second-order valence-electron chi connectivity index (χ2n) is 9.21. The van der Waals surface area contributed by atoms with E-state index in [0.717, 1.165) is 43.1 Å². The van der Waals surface area contributed by atoms with Gasteiger partial charge in [-0.3, -0.25) is 5.41 Å². The molecule has 0 aromatic heterocycles. The van der Waals surface area contributed by atoms with Crippen LogP contribution in [0.25, 0.3) is 0 Å². The molecule has 1 fully saturated rings. The lowest BCUT2D eigenvalue weighted by Gasteiger charge is -2.29. The number of carbonyl (C=O) groups is 2. The van der Waals surface area contributed by atoms with E-state index in [-0.39, 0.29) is 12.0 Å². The summed E-state index contributed by atoms with van der Waals surface area (Å²) in [5.74, 6) is 0.875. The third kappa shape index (κ3) is 9.71. The summed E-state index contributed by atoms with van der Waals surface area (Å²) in [6, 6.07) is 7.76. The van der Waals surface area contributed by atoms with E-state index in [0.29, 0.717) is 25.6 Å². The monoisotopic (exact) mass is 443 g/mol. The Morgan fingerprint density at radius 3 is 2.28 bits per heavy atom. The normalized spacial score (nSPS) is 15.9. The Bertz CT molecular complexity index is 716. The average Bonchev–Trinajstić information content (AvgIpc) is 2.81. The Hall–Kier alpha value is -2.57. The van der Waals surface area contributed by atoms with Crippen molar-refractivity contribution in [1.82, 2.24) is 21.3 Å². The first-order valence-electron chi connectivity index (χ1n) is 12.1. The Kier molecular flexibility index (Phi) is 11.0. The number of benzene rings is 1. The fraction of sp³-hybridized carbons (Fsp3) is 0.640. The minimum Gasteiger partial charge on any atom is -0.352 e. The number of hydrogen-bond donors (Lipinski definition) is 5. The lowest BCUT2D eigenvalue weighted by molar-refractivity contribution is -0.112. The summed E-state index contributed by atoms with van der Waals surface area (Å²) in [5.41, 5.74) is 1.33. The van der Waals surface area contributed by atoms with Gasteiger partial charge < -0.3 is 26.1 Å². The molecule has 2 amide bonds. The maximum absolute atomic E-state index is 11.7. The third-order valence-corrected chi connectivity index (χ3v) is 6.23. The predicted molar refractivity (Wildman–Crippen MR) is 130 cm³/mol. The van der Waals surface area contributed by atoms with E-state index in [1.165, 1.54) is 32.1 Å². The molecule has 1 saturated carbocycles. The van der Waals surface area contributed by atoms with E-state index in [2.05, 4.69) is 28.2 Å². The van der Waals surface area contributed by atoms with Crippen LogP contribution in [0.2, 0.25) is 0 Å². The van der Waals surface area contributed by atoms with Crippen molar-refractivity contribution in [3.05, 3.63) is 35.4 Å². The summed E-state index contributed by atoms with van der Waals surface area (Å²) >= 11 is 0. The molecule has 2 rings (SSSR count). The number of guanidine groups is 1. The van der Waals surface area contributed by atoms with Gasteiger partial charge in [0.1, 0.15) is 6.29 Å². The molecular weight excluding hydrogens is 402 g/mol. The Balaban J connectivity index is 1.70. The zero-order chi connectivity index (χ0) is 23.2. The second kappa shape index (κ2) is 13.8. The van der Waals surface area contributed by atoms with Crippen LogP contribution in [0.1, 0.15) is 82.8 Å². The topological polar surface area (TPSA) is 106 Å². The Labute approximate surface area is 193 Å². The molecule has 0 unspecified atom stereocenters. The number of unbranched alkanes of at least 4 members (excludes halogenated alkanes) is 1. The molecule has 178 valence electrons. The number of aldehydes is 1. The highest BCUT2D eigenvalue weighted by Gasteiger charge is 2.26. The van der Waals surface area contributed by atoms with Crippen molar-refractivity contribution in [1.29, 1.82) is 5.41 Å². The first-order chi connectivity index (χ1) is 15.4. The van der Waals surface area contributed by atoms with Crippen molar-refractivity contribution in [3.63, 3.8) is 0 Å². The summed E-state index contributed by atoms with van der Waals surface area (Å²) in [6.45, 7) is 5.62. The molecule has 7 heteroatoms. The molecule has 0 saturated heterocycles. The van der Waals surface area contributed by atoms with Crippen LogP contribution in [0.15, 0.2) is 24.3 Å². The molecule has 1 aromatic rings. The van der Waals surface area contributed by atoms with Gasteiger partial charge in [-0.2, -0.15) is 0 Å². The van der Waals surface area contributed by atoms with Crippen molar-refractivity contribution in [2.24, 2.45) is 5.92 Å². The maximum atomic E-state index is 11.7. The Morgan fingerprint density at radius 2 is 1.69 bits per heavy atom. The van der Waals surface area contributed by atoms with E-state index in [9.17, 15) is 9.59 Å². The van der Waals surface area contributed by atoms with Gasteiger partial charge in [-0.15, -0.1) is 0 Å². The molecule has 0 aliphatic heterocycles. The van der Waals surface area contributed by atoms with Gasteiger partial charge >= 0.3 is 6.03 Å². The van der Waals surface area contributed by atoms with E-state index >= 15 is 0 Å². The summed E-state index contributed by atoms with van der Waals surface area (Å²) in [6.07, 6.45) is 11.2. The van der Waals surface area contributed by atoms with Gasteiger partial charge in [-0.05, 0) is 43.2 Å². The molecular formula is C25H41N5O2. The highest BCUT2D eigenvalue weighted by atomic mass is 16.2. The molecule has 5 N–H and O–H groups in total. The second-order valence-corrected chi connectivity index (χ2v) is 9.21. The lowest BCUT2D eigenvalue weighted by Crippen LogP contribution is -2.51. The molecule has 32 heavy (non-hydrogen) atoms. The summed E-state index contributed by atoms with van der Waals surface area (Å²) < 4.78 is 0. The average molecular weight is 444 g/mol. The van der Waals surface area contributed by atoms with Gasteiger partial charge in [0.05, 0.1) is 5.54 Å². The zero-order valence-corrected chi connectivity index (χ0v) is 19.8. The van der Waals surface area contributed by atoms with Crippen LogP contribution >= 0.6 is 0 Å². The Morgan fingerprint density at radius 1 is 1.06 bits per heavy atom. The minimum atomic E-state index is -0.714. The largest absolute Gasteiger partial charge is 0.352 e. The van der Waals surface area contributed by atoms with Crippen LogP contribution in [0.3, 0.4) is 0 Å². The molecule has 7 nitrogen and oxygen atoms in total. The van der Waals surface area contributed by atoms with Crippen molar-refractivity contribution in [2.75, 3.05) is 6.54 Å². The minimum absolute atomic E-state index is 0.148. The number of carbonyl (C=O) groups excluding carboxylic acids is 2. The zero-order valence-electron chi connectivity index (χ0n) is 19.8. The molecule has 0 radical (unpaired) electrons. The van der Waals surface area contributed by atoms with Crippen molar-refractivity contribution < 1.29 is 9.59 Å². The quantitative estimate of drug-likeness (QED) is 0.144. The van der Waals surface area contributed by atoms with Crippen molar-refractivity contribution in [3.8, 4) is 0 Å². The number of amides is 2. The molecule has 1 aliphatic carbocycles.